The van der Waals surface area contributed by atoms with E-state index in [9.17, 15) is 4.39 Å². The standard InChI is InChI=1S/C18H27F/c1-17(2,3)15-9-14(10-16(19)11-15)13-7-6-8-18(4,5)12-13/h9-11,13H,6-8,12H2,1-5H3. The Kier molecular flexibility index (Phi) is 3.77. The minimum atomic E-state index is -0.0780. The fraction of sp³-hybridized carbons (Fsp3) is 0.667. The van der Waals surface area contributed by atoms with Crippen molar-refractivity contribution in [2.75, 3.05) is 0 Å². The molecule has 0 spiro atoms. The first kappa shape index (κ1) is 14.6. The van der Waals surface area contributed by atoms with Gasteiger partial charge in [-0.05, 0) is 59.3 Å². The largest absolute Gasteiger partial charge is 0.207 e. The van der Waals surface area contributed by atoms with E-state index in [0.717, 1.165) is 5.56 Å². The number of benzene rings is 1. The summed E-state index contributed by atoms with van der Waals surface area (Å²) in [5, 5.41) is 0. The van der Waals surface area contributed by atoms with E-state index in [-0.39, 0.29) is 11.2 Å². The average Bonchev–Trinajstić information content (AvgIpc) is 2.25. The van der Waals surface area contributed by atoms with Gasteiger partial charge in [-0.2, -0.15) is 0 Å². The van der Waals surface area contributed by atoms with Crippen molar-refractivity contribution in [3.8, 4) is 0 Å². The van der Waals surface area contributed by atoms with E-state index in [1.807, 2.05) is 0 Å². The molecular weight excluding hydrogens is 235 g/mol. The average molecular weight is 262 g/mol. The van der Waals surface area contributed by atoms with Gasteiger partial charge in [0.25, 0.3) is 0 Å². The summed E-state index contributed by atoms with van der Waals surface area (Å²) in [6, 6.07) is 5.67. The lowest BCUT2D eigenvalue weighted by Crippen LogP contribution is -2.22. The maximum atomic E-state index is 13.9. The van der Waals surface area contributed by atoms with Crippen molar-refractivity contribution in [3.05, 3.63) is 35.1 Å². The van der Waals surface area contributed by atoms with Crippen molar-refractivity contribution < 1.29 is 4.39 Å². The fourth-order valence-corrected chi connectivity index (χ4v) is 3.26. The normalized spacial score (nSPS) is 23.4. The van der Waals surface area contributed by atoms with Crippen LogP contribution in [0.15, 0.2) is 18.2 Å². The Balaban J connectivity index is 2.32. The first-order valence-corrected chi connectivity index (χ1v) is 7.48. The zero-order chi connectivity index (χ0) is 14.3. The van der Waals surface area contributed by atoms with E-state index in [2.05, 4.69) is 40.7 Å². The first-order valence-electron chi connectivity index (χ1n) is 7.48. The van der Waals surface area contributed by atoms with Gasteiger partial charge >= 0.3 is 0 Å². The molecule has 0 saturated heterocycles. The van der Waals surface area contributed by atoms with E-state index in [4.69, 9.17) is 0 Å². The van der Waals surface area contributed by atoms with Gasteiger partial charge in [-0.15, -0.1) is 0 Å². The Hall–Kier alpha value is -0.850. The van der Waals surface area contributed by atoms with Crippen LogP contribution in [0.4, 0.5) is 4.39 Å². The van der Waals surface area contributed by atoms with Gasteiger partial charge in [-0.25, -0.2) is 4.39 Å². The molecule has 1 aromatic rings. The van der Waals surface area contributed by atoms with Crippen molar-refractivity contribution >= 4 is 0 Å². The summed E-state index contributed by atoms with van der Waals surface area (Å²) in [6.07, 6.45) is 4.94. The van der Waals surface area contributed by atoms with Crippen LogP contribution in [0.25, 0.3) is 0 Å². The Morgan fingerprint density at radius 2 is 1.84 bits per heavy atom. The molecule has 0 amide bonds. The summed E-state index contributed by atoms with van der Waals surface area (Å²) in [5.74, 6) is 0.450. The first-order chi connectivity index (χ1) is 8.67. The van der Waals surface area contributed by atoms with Crippen LogP contribution < -0.4 is 0 Å². The molecule has 19 heavy (non-hydrogen) atoms. The molecule has 1 aliphatic carbocycles. The highest BCUT2D eigenvalue weighted by Crippen LogP contribution is 2.44. The number of rotatable bonds is 1. The molecule has 0 radical (unpaired) electrons. The Labute approximate surface area is 117 Å². The van der Waals surface area contributed by atoms with E-state index in [0.29, 0.717) is 11.3 Å². The van der Waals surface area contributed by atoms with Crippen LogP contribution in [0.2, 0.25) is 0 Å². The molecule has 0 bridgehead atoms. The number of hydrogen-bond donors (Lipinski definition) is 0. The van der Waals surface area contributed by atoms with Crippen molar-refractivity contribution in [2.24, 2.45) is 5.41 Å². The van der Waals surface area contributed by atoms with Gasteiger partial charge in [0.2, 0.25) is 0 Å². The van der Waals surface area contributed by atoms with Crippen molar-refractivity contribution in [3.63, 3.8) is 0 Å². The highest BCUT2D eigenvalue weighted by molar-refractivity contribution is 5.32. The topological polar surface area (TPSA) is 0 Å². The third-order valence-electron chi connectivity index (χ3n) is 4.46. The van der Waals surface area contributed by atoms with Crippen LogP contribution >= 0.6 is 0 Å². The van der Waals surface area contributed by atoms with Crippen molar-refractivity contribution in [2.45, 2.75) is 71.6 Å². The molecule has 0 N–H and O–H groups in total. The monoisotopic (exact) mass is 262 g/mol. The summed E-state index contributed by atoms with van der Waals surface area (Å²) in [7, 11) is 0. The Bertz CT molecular complexity index is 451. The van der Waals surface area contributed by atoms with Crippen LogP contribution in [0.3, 0.4) is 0 Å². The summed E-state index contributed by atoms with van der Waals surface area (Å²) in [4.78, 5) is 0. The summed E-state index contributed by atoms with van der Waals surface area (Å²) in [6.45, 7) is 11.1. The van der Waals surface area contributed by atoms with Crippen molar-refractivity contribution in [1.82, 2.24) is 0 Å². The maximum absolute atomic E-state index is 13.9. The van der Waals surface area contributed by atoms with E-state index in [1.54, 1.807) is 12.1 Å². The molecule has 1 fully saturated rings. The minimum absolute atomic E-state index is 0.0149. The van der Waals surface area contributed by atoms with E-state index < -0.39 is 0 Å². The lowest BCUT2D eigenvalue weighted by Gasteiger charge is -2.36. The molecule has 1 saturated carbocycles. The SMILES string of the molecule is CC1(C)CCCC(c2cc(F)cc(C(C)(C)C)c2)C1. The van der Waals surface area contributed by atoms with E-state index in [1.165, 1.54) is 31.2 Å². The Morgan fingerprint density at radius 1 is 1.16 bits per heavy atom. The molecule has 0 heterocycles. The van der Waals surface area contributed by atoms with Crippen LogP contribution in [0.5, 0.6) is 0 Å². The van der Waals surface area contributed by atoms with Crippen LogP contribution in [-0.4, -0.2) is 0 Å². The third-order valence-corrected chi connectivity index (χ3v) is 4.46. The van der Waals surface area contributed by atoms with Crippen LogP contribution in [-0.2, 0) is 5.41 Å². The van der Waals surface area contributed by atoms with Crippen molar-refractivity contribution in [1.29, 1.82) is 0 Å². The Morgan fingerprint density at radius 3 is 2.42 bits per heavy atom. The molecule has 1 aliphatic rings. The highest BCUT2D eigenvalue weighted by atomic mass is 19.1. The predicted octanol–water partition coefficient (Wildman–Crippen LogP) is 5.81. The summed E-state index contributed by atoms with van der Waals surface area (Å²) in [5.41, 5.74) is 2.74. The lowest BCUT2D eigenvalue weighted by molar-refractivity contribution is 0.219. The fourth-order valence-electron chi connectivity index (χ4n) is 3.26. The van der Waals surface area contributed by atoms with Gasteiger partial charge in [0, 0.05) is 0 Å². The zero-order valence-electron chi connectivity index (χ0n) is 13.0. The second kappa shape index (κ2) is 4.92. The molecule has 0 nitrogen and oxygen atoms in total. The second-order valence-corrected chi connectivity index (χ2v) is 7.98. The van der Waals surface area contributed by atoms with Gasteiger partial charge in [-0.3, -0.25) is 0 Å². The molecule has 0 aliphatic heterocycles. The summed E-state index contributed by atoms with van der Waals surface area (Å²) < 4.78 is 13.9. The van der Waals surface area contributed by atoms with Crippen LogP contribution in [0, 0.1) is 11.2 Å². The number of halogens is 1. The second-order valence-electron chi connectivity index (χ2n) is 7.98. The maximum Gasteiger partial charge on any atom is 0.123 e. The zero-order valence-corrected chi connectivity index (χ0v) is 13.0. The van der Waals surface area contributed by atoms with Gasteiger partial charge < -0.3 is 0 Å². The lowest BCUT2D eigenvalue weighted by atomic mass is 9.69. The quantitative estimate of drug-likeness (QED) is 0.599. The van der Waals surface area contributed by atoms with Crippen LogP contribution in [0.1, 0.15) is 77.3 Å². The molecule has 106 valence electrons. The smallest absolute Gasteiger partial charge is 0.123 e. The molecule has 1 unspecified atom stereocenters. The van der Waals surface area contributed by atoms with E-state index >= 15 is 0 Å². The molecule has 1 heteroatoms. The molecule has 0 aromatic heterocycles. The number of hydrogen-bond acceptors (Lipinski definition) is 0. The minimum Gasteiger partial charge on any atom is -0.207 e. The third kappa shape index (κ3) is 3.58. The highest BCUT2D eigenvalue weighted by Gasteiger charge is 2.29. The molecular formula is C18H27F. The van der Waals surface area contributed by atoms with Gasteiger partial charge in [0.15, 0.2) is 0 Å². The molecule has 2 rings (SSSR count). The predicted molar refractivity (Wildman–Crippen MR) is 80.1 cm³/mol. The molecule has 1 atom stereocenters. The van der Waals surface area contributed by atoms with Gasteiger partial charge in [0.1, 0.15) is 5.82 Å². The summed E-state index contributed by atoms with van der Waals surface area (Å²) >= 11 is 0. The van der Waals surface area contributed by atoms with Gasteiger partial charge in [0.05, 0.1) is 0 Å². The molecule has 1 aromatic carbocycles. The van der Waals surface area contributed by atoms with Gasteiger partial charge in [-0.1, -0.05) is 47.1 Å².